The van der Waals surface area contributed by atoms with Gasteiger partial charge in [0.15, 0.2) is 0 Å². The molecule has 1 unspecified atom stereocenters. The summed E-state index contributed by atoms with van der Waals surface area (Å²) in [5.74, 6) is 1.43. The number of imidazole rings is 1. The van der Waals surface area contributed by atoms with Gasteiger partial charge in [-0.1, -0.05) is 15.9 Å². The molecule has 1 atom stereocenters. The van der Waals surface area contributed by atoms with Crippen LogP contribution in [0, 0.1) is 0 Å². The lowest BCUT2D eigenvalue weighted by Crippen LogP contribution is -2.29. The van der Waals surface area contributed by atoms with Crippen molar-refractivity contribution in [3.63, 3.8) is 0 Å². The van der Waals surface area contributed by atoms with Gasteiger partial charge in [-0.3, -0.25) is 0 Å². The van der Waals surface area contributed by atoms with Gasteiger partial charge in [0.05, 0.1) is 16.9 Å². The quantitative estimate of drug-likeness (QED) is 0.794. The van der Waals surface area contributed by atoms with Crippen molar-refractivity contribution in [3.05, 3.63) is 28.5 Å². The molecule has 1 aliphatic heterocycles. The highest BCUT2D eigenvalue weighted by molar-refractivity contribution is 9.10. The summed E-state index contributed by atoms with van der Waals surface area (Å²) in [6.07, 6.45) is 2.54. The molecule has 1 aromatic heterocycles. The van der Waals surface area contributed by atoms with Crippen LogP contribution < -0.4 is 0 Å². The van der Waals surface area contributed by atoms with Gasteiger partial charge in [-0.15, -0.1) is 11.6 Å². The molecule has 0 aliphatic carbocycles. The molecule has 0 N–H and O–H groups in total. The third-order valence-electron chi connectivity index (χ3n) is 3.97. The molecule has 1 aromatic carbocycles. The van der Waals surface area contributed by atoms with Crippen LogP contribution in [0.4, 0.5) is 0 Å². The van der Waals surface area contributed by atoms with E-state index < -0.39 is 0 Å². The minimum absolute atomic E-state index is 0.461. The van der Waals surface area contributed by atoms with Gasteiger partial charge in [0.1, 0.15) is 5.82 Å². The number of hydrogen-bond acceptors (Lipinski definition) is 2. The van der Waals surface area contributed by atoms with Crippen molar-refractivity contribution in [2.45, 2.75) is 31.3 Å². The fraction of sp³-hybridized carbons (Fsp3) is 0.500. The summed E-state index contributed by atoms with van der Waals surface area (Å²) < 4.78 is 3.36. The van der Waals surface area contributed by atoms with E-state index in [1.54, 1.807) is 0 Å². The first-order chi connectivity index (χ1) is 9.19. The number of hydrogen-bond donors (Lipinski definition) is 0. The number of halogens is 2. The van der Waals surface area contributed by atoms with Crippen molar-refractivity contribution >= 4 is 38.6 Å². The number of nitrogens with zero attached hydrogens (tertiary/aromatic N) is 3. The molecule has 102 valence electrons. The minimum atomic E-state index is 0.461. The minimum Gasteiger partial charge on any atom is -0.325 e. The Morgan fingerprint density at radius 3 is 3.00 bits per heavy atom. The Labute approximate surface area is 126 Å². The van der Waals surface area contributed by atoms with Gasteiger partial charge in [-0.25, -0.2) is 4.98 Å². The zero-order valence-corrected chi connectivity index (χ0v) is 13.3. The third-order valence-corrected chi connectivity index (χ3v) is 4.71. The monoisotopic (exact) mass is 341 g/mol. The predicted molar refractivity (Wildman–Crippen MR) is 82.6 cm³/mol. The summed E-state index contributed by atoms with van der Waals surface area (Å²) in [4.78, 5) is 7.06. The summed E-state index contributed by atoms with van der Waals surface area (Å²) in [5.41, 5.74) is 2.20. The van der Waals surface area contributed by atoms with Crippen LogP contribution in [0.25, 0.3) is 11.0 Å². The van der Waals surface area contributed by atoms with Gasteiger partial charge >= 0.3 is 0 Å². The topological polar surface area (TPSA) is 21.1 Å². The SMILES string of the molecule is CN1CCCC1Cn1c(CCl)nc2ccc(Br)cc21. The second-order valence-electron chi connectivity index (χ2n) is 5.18. The number of likely N-dealkylation sites (N-methyl/N-ethyl adjacent to an activating group) is 1. The molecule has 3 rings (SSSR count). The van der Waals surface area contributed by atoms with E-state index in [4.69, 9.17) is 11.6 Å². The maximum absolute atomic E-state index is 6.06. The van der Waals surface area contributed by atoms with E-state index in [-0.39, 0.29) is 0 Å². The number of alkyl halides is 1. The lowest BCUT2D eigenvalue weighted by Gasteiger charge is -2.21. The highest BCUT2D eigenvalue weighted by atomic mass is 79.9. The van der Waals surface area contributed by atoms with Gasteiger partial charge in [-0.2, -0.15) is 0 Å². The van der Waals surface area contributed by atoms with Gasteiger partial charge in [0.2, 0.25) is 0 Å². The highest BCUT2D eigenvalue weighted by Crippen LogP contribution is 2.25. The van der Waals surface area contributed by atoms with E-state index in [1.165, 1.54) is 24.9 Å². The number of fused-ring (bicyclic) bond motifs is 1. The van der Waals surface area contributed by atoms with Crippen LogP contribution in [0.2, 0.25) is 0 Å². The summed E-state index contributed by atoms with van der Waals surface area (Å²) in [6.45, 7) is 2.17. The lowest BCUT2D eigenvalue weighted by atomic mass is 10.2. The molecule has 0 bridgehead atoms. The molecule has 2 aromatic rings. The summed E-state index contributed by atoms with van der Waals surface area (Å²) in [6, 6.07) is 6.80. The van der Waals surface area contributed by atoms with Gasteiger partial charge in [0.25, 0.3) is 0 Å². The van der Waals surface area contributed by atoms with Gasteiger partial charge < -0.3 is 9.47 Å². The van der Waals surface area contributed by atoms with Crippen molar-refractivity contribution in [1.29, 1.82) is 0 Å². The van der Waals surface area contributed by atoms with Crippen LogP contribution in [-0.2, 0) is 12.4 Å². The Morgan fingerprint density at radius 2 is 2.32 bits per heavy atom. The fourth-order valence-electron chi connectivity index (χ4n) is 2.87. The first-order valence-electron chi connectivity index (χ1n) is 6.60. The second kappa shape index (κ2) is 5.43. The van der Waals surface area contributed by atoms with Crippen molar-refractivity contribution in [2.24, 2.45) is 0 Å². The number of aromatic nitrogens is 2. The number of rotatable bonds is 3. The van der Waals surface area contributed by atoms with E-state index in [2.05, 4.69) is 43.5 Å². The summed E-state index contributed by atoms with van der Waals surface area (Å²) >= 11 is 9.59. The first kappa shape index (κ1) is 13.4. The van der Waals surface area contributed by atoms with Gasteiger partial charge in [-0.05, 0) is 44.6 Å². The van der Waals surface area contributed by atoms with Crippen molar-refractivity contribution < 1.29 is 0 Å². The van der Waals surface area contributed by atoms with E-state index in [0.717, 1.165) is 22.4 Å². The average Bonchev–Trinajstić information content (AvgIpc) is 2.95. The summed E-state index contributed by atoms with van der Waals surface area (Å²) in [5, 5.41) is 0. The zero-order valence-electron chi connectivity index (χ0n) is 10.9. The molecule has 19 heavy (non-hydrogen) atoms. The molecular formula is C14H17BrClN3. The molecule has 0 radical (unpaired) electrons. The molecule has 0 amide bonds. The maximum Gasteiger partial charge on any atom is 0.124 e. The van der Waals surface area contributed by atoms with Crippen LogP contribution in [0.3, 0.4) is 0 Å². The largest absolute Gasteiger partial charge is 0.325 e. The standard InChI is InChI=1S/C14H17BrClN3/c1-18-6-2-3-11(18)9-19-13-7-10(15)4-5-12(13)17-14(19)8-16/h4-5,7,11H,2-3,6,8-9H2,1H3. The molecular weight excluding hydrogens is 326 g/mol. The molecule has 1 saturated heterocycles. The summed E-state index contributed by atoms with van der Waals surface area (Å²) in [7, 11) is 2.20. The molecule has 0 saturated carbocycles. The van der Waals surface area contributed by atoms with Crippen LogP contribution in [0.5, 0.6) is 0 Å². The van der Waals surface area contributed by atoms with Crippen molar-refractivity contribution in [3.8, 4) is 0 Å². The van der Waals surface area contributed by atoms with Crippen molar-refractivity contribution in [1.82, 2.24) is 14.5 Å². The van der Waals surface area contributed by atoms with Crippen LogP contribution in [0.15, 0.2) is 22.7 Å². The fourth-order valence-corrected chi connectivity index (χ4v) is 3.43. The normalized spacial score (nSPS) is 20.5. The van der Waals surface area contributed by atoms with E-state index in [0.29, 0.717) is 11.9 Å². The Bertz CT molecular complexity index is 596. The number of likely N-dealkylation sites (tertiary alicyclic amines) is 1. The first-order valence-corrected chi connectivity index (χ1v) is 7.92. The van der Waals surface area contributed by atoms with Crippen LogP contribution >= 0.6 is 27.5 Å². The molecule has 0 spiro atoms. The Hall–Kier alpha value is -0.580. The van der Waals surface area contributed by atoms with E-state index >= 15 is 0 Å². The Balaban J connectivity index is 2.02. The molecule has 1 aliphatic rings. The average molecular weight is 343 g/mol. The van der Waals surface area contributed by atoms with Crippen molar-refractivity contribution in [2.75, 3.05) is 13.6 Å². The van der Waals surface area contributed by atoms with E-state index in [1.807, 2.05) is 12.1 Å². The Kier molecular flexibility index (Phi) is 3.83. The number of benzene rings is 1. The van der Waals surface area contributed by atoms with Crippen LogP contribution in [0.1, 0.15) is 18.7 Å². The lowest BCUT2D eigenvalue weighted by molar-refractivity contribution is 0.282. The van der Waals surface area contributed by atoms with E-state index in [9.17, 15) is 0 Å². The van der Waals surface area contributed by atoms with Gasteiger partial charge in [0, 0.05) is 17.1 Å². The molecule has 2 heterocycles. The molecule has 5 heteroatoms. The second-order valence-corrected chi connectivity index (χ2v) is 6.36. The molecule has 1 fully saturated rings. The van der Waals surface area contributed by atoms with Crippen LogP contribution in [-0.4, -0.2) is 34.1 Å². The molecule has 3 nitrogen and oxygen atoms in total. The third kappa shape index (κ3) is 2.54. The highest BCUT2D eigenvalue weighted by Gasteiger charge is 2.23. The predicted octanol–water partition coefficient (Wildman–Crippen LogP) is 3.63. The maximum atomic E-state index is 6.06. The smallest absolute Gasteiger partial charge is 0.124 e. The Morgan fingerprint density at radius 1 is 1.47 bits per heavy atom. The zero-order chi connectivity index (χ0) is 13.4.